The molecule has 2 saturated heterocycles. The lowest BCUT2D eigenvalue weighted by Gasteiger charge is -2.38. The molecule has 7 nitrogen and oxygen atoms in total. The summed E-state index contributed by atoms with van der Waals surface area (Å²) >= 11 is 0. The molecule has 0 bridgehead atoms. The predicted octanol–water partition coefficient (Wildman–Crippen LogP) is 0.139. The van der Waals surface area contributed by atoms with Gasteiger partial charge in [0.1, 0.15) is 0 Å². The topological polar surface area (TPSA) is 72.3 Å². The van der Waals surface area contributed by atoms with Gasteiger partial charge in [-0.25, -0.2) is 0 Å². The molecule has 0 spiro atoms. The lowest BCUT2D eigenvalue weighted by molar-refractivity contribution is 0.0646. The van der Waals surface area contributed by atoms with Crippen molar-refractivity contribution in [1.82, 2.24) is 25.2 Å². The maximum Gasteiger partial charge on any atom is 0.276 e. The monoisotopic (exact) mass is 293 g/mol. The molecule has 3 heterocycles. The number of hydrogen-bond acceptors (Lipinski definition) is 5. The molecule has 1 amide bonds. The van der Waals surface area contributed by atoms with Crippen LogP contribution in [0.5, 0.6) is 0 Å². The fraction of sp³-hybridized carbons (Fsp3) is 0.786. The maximum atomic E-state index is 12.5. The fourth-order valence-corrected chi connectivity index (χ4v) is 2.95. The lowest BCUT2D eigenvalue weighted by atomic mass is 10.0. The SMILES string of the molecule is CC1(C)CN(C(=O)c2cn(CC3CCOC3)nn2)CCN1. The molecule has 0 saturated carbocycles. The first-order valence-corrected chi connectivity index (χ1v) is 7.56. The van der Waals surface area contributed by atoms with Crippen LogP contribution < -0.4 is 5.32 Å². The molecule has 0 radical (unpaired) electrons. The normalized spacial score (nSPS) is 25.2. The molecule has 3 rings (SSSR count). The standard InChI is InChI=1S/C14H23N5O2/c1-14(2)10-18(5-4-15-14)13(20)12-8-19(17-16-12)7-11-3-6-21-9-11/h8,11,15H,3-7,9-10H2,1-2H3. The molecule has 116 valence electrons. The molecule has 1 atom stereocenters. The number of nitrogens with zero attached hydrogens (tertiary/aromatic N) is 4. The van der Waals surface area contributed by atoms with E-state index < -0.39 is 0 Å². The van der Waals surface area contributed by atoms with Crippen molar-refractivity contribution in [2.24, 2.45) is 5.92 Å². The van der Waals surface area contributed by atoms with E-state index >= 15 is 0 Å². The zero-order valence-corrected chi connectivity index (χ0v) is 12.7. The molecule has 2 fully saturated rings. The van der Waals surface area contributed by atoms with Gasteiger partial charge in [-0.15, -0.1) is 5.10 Å². The molecule has 7 heteroatoms. The molecule has 1 aromatic heterocycles. The largest absolute Gasteiger partial charge is 0.381 e. The van der Waals surface area contributed by atoms with E-state index in [0.29, 0.717) is 24.7 Å². The van der Waals surface area contributed by atoms with Crippen LogP contribution in [0.3, 0.4) is 0 Å². The molecular formula is C14H23N5O2. The van der Waals surface area contributed by atoms with E-state index in [4.69, 9.17) is 4.74 Å². The highest BCUT2D eigenvalue weighted by Crippen LogP contribution is 2.15. The number of amides is 1. The lowest BCUT2D eigenvalue weighted by Crippen LogP contribution is -2.58. The van der Waals surface area contributed by atoms with Gasteiger partial charge in [0, 0.05) is 44.2 Å². The van der Waals surface area contributed by atoms with Gasteiger partial charge in [0.2, 0.25) is 0 Å². The molecule has 0 aromatic carbocycles. The molecular weight excluding hydrogens is 270 g/mol. The van der Waals surface area contributed by atoms with E-state index in [1.54, 1.807) is 10.9 Å². The molecule has 0 aliphatic carbocycles. The minimum Gasteiger partial charge on any atom is -0.381 e. The first kappa shape index (κ1) is 14.5. The van der Waals surface area contributed by atoms with Gasteiger partial charge in [-0.2, -0.15) is 0 Å². The summed E-state index contributed by atoms with van der Waals surface area (Å²) in [6.45, 7) is 8.78. The number of ether oxygens (including phenoxy) is 1. The Morgan fingerprint density at radius 3 is 3.14 bits per heavy atom. The highest BCUT2D eigenvalue weighted by molar-refractivity contribution is 5.92. The van der Waals surface area contributed by atoms with Crippen LogP contribution in [0.1, 0.15) is 30.8 Å². The van der Waals surface area contributed by atoms with Crippen molar-refractivity contribution in [1.29, 1.82) is 0 Å². The Kier molecular flexibility index (Phi) is 3.95. The van der Waals surface area contributed by atoms with E-state index in [1.165, 1.54) is 0 Å². The van der Waals surface area contributed by atoms with Crippen LogP contribution >= 0.6 is 0 Å². The maximum absolute atomic E-state index is 12.5. The Morgan fingerprint density at radius 2 is 2.43 bits per heavy atom. The summed E-state index contributed by atoms with van der Waals surface area (Å²) in [7, 11) is 0. The Morgan fingerprint density at radius 1 is 1.57 bits per heavy atom. The average molecular weight is 293 g/mol. The van der Waals surface area contributed by atoms with Crippen LogP contribution in [0.25, 0.3) is 0 Å². The van der Waals surface area contributed by atoms with Crippen molar-refractivity contribution >= 4 is 5.91 Å². The molecule has 1 N–H and O–H groups in total. The Hall–Kier alpha value is -1.47. The minimum absolute atomic E-state index is 0.0292. The summed E-state index contributed by atoms with van der Waals surface area (Å²) < 4.78 is 7.12. The van der Waals surface area contributed by atoms with Crippen LogP contribution in [0, 0.1) is 5.92 Å². The second kappa shape index (κ2) is 5.73. The van der Waals surface area contributed by atoms with Crippen LogP contribution in [-0.4, -0.2) is 64.2 Å². The van der Waals surface area contributed by atoms with Gasteiger partial charge >= 0.3 is 0 Å². The van der Waals surface area contributed by atoms with Gasteiger partial charge in [0.15, 0.2) is 5.69 Å². The third-order valence-corrected chi connectivity index (χ3v) is 4.09. The summed E-state index contributed by atoms with van der Waals surface area (Å²) in [5.74, 6) is 0.450. The van der Waals surface area contributed by atoms with Crippen LogP contribution in [0.4, 0.5) is 0 Å². The molecule has 1 unspecified atom stereocenters. The summed E-state index contributed by atoms with van der Waals surface area (Å²) in [4.78, 5) is 14.3. The second-order valence-electron chi connectivity index (χ2n) is 6.59. The first-order chi connectivity index (χ1) is 10.0. The highest BCUT2D eigenvalue weighted by Gasteiger charge is 2.30. The van der Waals surface area contributed by atoms with Gasteiger partial charge in [0.25, 0.3) is 5.91 Å². The molecule has 2 aliphatic rings. The predicted molar refractivity (Wildman–Crippen MR) is 76.9 cm³/mol. The van der Waals surface area contributed by atoms with Crippen molar-refractivity contribution in [3.8, 4) is 0 Å². The summed E-state index contributed by atoms with van der Waals surface area (Å²) in [6, 6.07) is 0. The Bertz CT molecular complexity index is 507. The van der Waals surface area contributed by atoms with Crippen molar-refractivity contribution < 1.29 is 9.53 Å². The van der Waals surface area contributed by atoms with Gasteiger partial charge in [0.05, 0.1) is 12.8 Å². The first-order valence-electron chi connectivity index (χ1n) is 7.56. The highest BCUT2D eigenvalue weighted by atomic mass is 16.5. The Labute approximate surface area is 124 Å². The van der Waals surface area contributed by atoms with Crippen molar-refractivity contribution in [3.63, 3.8) is 0 Å². The quantitative estimate of drug-likeness (QED) is 0.858. The number of carbonyl (C=O) groups excluding carboxylic acids is 1. The molecule has 1 aromatic rings. The third-order valence-electron chi connectivity index (χ3n) is 4.09. The van der Waals surface area contributed by atoms with E-state index in [0.717, 1.165) is 32.7 Å². The number of nitrogens with one attached hydrogen (secondary N) is 1. The van der Waals surface area contributed by atoms with Crippen LogP contribution in [0.15, 0.2) is 6.20 Å². The van der Waals surface area contributed by atoms with E-state index in [1.807, 2.05) is 4.90 Å². The van der Waals surface area contributed by atoms with Crippen molar-refractivity contribution in [2.45, 2.75) is 32.4 Å². The zero-order chi connectivity index (χ0) is 14.9. The summed E-state index contributed by atoms with van der Waals surface area (Å²) in [6.07, 6.45) is 2.81. The number of carbonyl (C=O) groups is 1. The summed E-state index contributed by atoms with van der Waals surface area (Å²) in [5, 5.41) is 11.5. The smallest absolute Gasteiger partial charge is 0.276 e. The van der Waals surface area contributed by atoms with Gasteiger partial charge in [-0.05, 0) is 20.3 Å². The number of hydrogen-bond donors (Lipinski definition) is 1. The van der Waals surface area contributed by atoms with Crippen LogP contribution in [0.2, 0.25) is 0 Å². The van der Waals surface area contributed by atoms with E-state index in [9.17, 15) is 4.79 Å². The third kappa shape index (κ3) is 3.41. The van der Waals surface area contributed by atoms with Gasteiger partial charge in [-0.3, -0.25) is 9.48 Å². The van der Waals surface area contributed by atoms with Crippen molar-refractivity contribution in [2.75, 3.05) is 32.8 Å². The summed E-state index contributed by atoms with van der Waals surface area (Å²) in [5.41, 5.74) is 0.386. The number of piperazine rings is 1. The molecule has 21 heavy (non-hydrogen) atoms. The molecule has 2 aliphatic heterocycles. The minimum atomic E-state index is -0.0505. The Balaban J connectivity index is 1.63. The fourth-order valence-electron chi connectivity index (χ4n) is 2.95. The average Bonchev–Trinajstić information content (AvgIpc) is 3.09. The number of rotatable bonds is 3. The zero-order valence-electron chi connectivity index (χ0n) is 12.7. The van der Waals surface area contributed by atoms with E-state index in [-0.39, 0.29) is 11.4 Å². The van der Waals surface area contributed by atoms with Crippen molar-refractivity contribution in [3.05, 3.63) is 11.9 Å². The van der Waals surface area contributed by atoms with E-state index in [2.05, 4.69) is 29.5 Å². The van der Waals surface area contributed by atoms with Crippen LogP contribution in [-0.2, 0) is 11.3 Å². The second-order valence-corrected chi connectivity index (χ2v) is 6.59. The number of aromatic nitrogens is 3. The van der Waals surface area contributed by atoms with Gasteiger partial charge in [-0.1, -0.05) is 5.21 Å². The van der Waals surface area contributed by atoms with Gasteiger partial charge < -0.3 is 15.0 Å².